The van der Waals surface area contributed by atoms with Gasteiger partial charge in [0.25, 0.3) is 5.91 Å². The molecule has 3 heterocycles. The van der Waals surface area contributed by atoms with Crippen LogP contribution in [0.15, 0.2) is 18.3 Å². The van der Waals surface area contributed by atoms with Crippen molar-refractivity contribution in [2.45, 2.75) is 43.7 Å². The van der Waals surface area contributed by atoms with Gasteiger partial charge in [-0.25, -0.2) is 0 Å². The highest BCUT2D eigenvalue weighted by molar-refractivity contribution is 5.93. The first-order valence-corrected chi connectivity index (χ1v) is 7.25. The van der Waals surface area contributed by atoms with Crippen molar-refractivity contribution in [2.75, 3.05) is 13.2 Å². The molecule has 0 aromatic carbocycles. The van der Waals surface area contributed by atoms with E-state index in [0.29, 0.717) is 18.8 Å². The molecule has 0 bridgehead atoms. The molecule has 2 atom stereocenters. The van der Waals surface area contributed by atoms with E-state index >= 15 is 0 Å². The number of amides is 1. The van der Waals surface area contributed by atoms with Crippen molar-refractivity contribution < 1.29 is 9.53 Å². The monoisotopic (exact) mass is 273 g/mol. The second kappa shape index (κ2) is 5.29. The molecule has 20 heavy (non-hydrogen) atoms. The Labute approximate surface area is 118 Å². The second-order valence-electron chi connectivity index (χ2n) is 5.59. The number of aromatic nitrogens is 1. The van der Waals surface area contributed by atoms with Gasteiger partial charge in [0, 0.05) is 19.3 Å². The van der Waals surface area contributed by atoms with Gasteiger partial charge in [-0.05, 0) is 44.2 Å². The zero-order valence-corrected chi connectivity index (χ0v) is 11.5. The highest BCUT2D eigenvalue weighted by Gasteiger charge is 2.48. The number of nitriles is 1. The summed E-state index contributed by atoms with van der Waals surface area (Å²) < 4.78 is 5.98. The summed E-state index contributed by atoms with van der Waals surface area (Å²) in [6.45, 7) is 1.32. The van der Waals surface area contributed by atoms with Crippen LogP contribution in [0.5, 0.6) is 0 Å². The SMILES string of the molecule is N#CC1N(C(=O)c2ccc[nH]2)CCCC12CCCCO2. The van der Waals surface area contributed by atoms with Crippen molar-refractivity contribution in [2.24, 2.45) is 0 Å². The van der Waals surface area contributed by atoms with Crippen LogP contribution < -0.4 is 0 Å². The molecule has 1 N–H and O–H groups in total. The van der Waals surface area contributed by atoms with Crippen molar-refractivity contribution in [3.05, 3.63) is 24.0 Å². The Bertz CT molecular complexity index is 506. The molecule has 5 nitrogen and oxygen atoms in total. The first-order chi connectivity index (χ1) is 9.77. The zero-order valence-electron chi connectivity index (χ0n) is 11.5. The molecule has 1 aromatic rings. The molecule has 1 spiro atoms. The molecule has 106 valence electrons. The lowest BCUT2D eigenvalue weighted by Gasteiger charge is -2.48. The molecule has 2 unspecified atom stereocenters. The van der Waals surface area contributed by atoms with E-state index in [0.717, 1.165) is 32.1 Å². The van der Waals surface area contributed by atoms with Crippen LogP contribution in [0.25, 0.3) is 0 Å². The summed E-state index contributed by atoms with van der Waals surface area (Å²) in [5, 5.41) is 9.59. The molecule has 5 heteroatoms. The van der Waals surface area contributed by atoms with Gasteiger partial charge in [0.2, 0.25) is 0 Å². The number of carbonyl (C=O) groups is 1. The topological polar surface area (TPSA) is 69.1 Å². The minimum Gasteiger partial charge on any atom is -0.372 e. The summed E-state index contributed by atoms with van der Waals surface area (Å²) in [4.78, 5) is 17.2. The number of nitrogens with one attached hydrogen (secondary N) is 1. The van der Waals surface area contributed by atoms with Gasteiger partial charge < -0.3 is 14.6 Å². The molecule has 0 saturated carbocycles. The zero-order chi connectivity index (χ0) is 14.0. The van der Waals surface area contributed by atoms with Crippen LogP contribution in [0.3, 0.4) is 0 Å². The fourth-order valence-electron chi connectivity index (χ4n) is 3.41. The molecule has 1 aromatic heterocycles. The molecule has 0 aliphatic carbocycles. The van der Waals surface area contributed by atoms with Crippen LogP contribution in [0.2, 0.25) is 0 Å². The van der Waals surface area contributed by atoms with E-state index in [9.17, 15) is 10.1 Å². The first-order valence-electron chi connectivity index (χ1n) is 7.25. The first kappa shape index (κ1) is 13.2. The number of likely N-dealkylation sites (tertiary alicyclic amines) is 1. The van der Waals surface area contributed by atoms with Crippen molar-refractivity contribution in [3.8, 4) is 6.07 Å². The third kappa shape index (κ3) is 2.10. The number of rotatable bonds is 1. The molecule has 3 rings (SSSR count). The maximum atomic E-state index is 12.5. The minimum absolute atomic E-state index is 0.102. The Morgan fingerprint density at radius 2 is 2.30 bits per heavy atom. The van der Waals surface area contributed by atoms with E-state index in [1.54, 1.807) is 23.2 Å². The number of ether oxygens (including phenoxy) is 1. The van der Waals surface area contributed by atoms with Gasteiger partial charge >= 0.3 is 0 Å². The summed E-state index contributed by atoms with van der Waals surface area (Å²) in [7, 11) is 0. The summed E-state index contributed by atoms with van der Waals surface area (Å²) in [6.07, 6.45) is 6.49. The van der Waals surface area contributed by atoms with Crippen LogP contribution in [-0.4, -0.2) is 40.6 Å². The van der Waals surface area contributed by atoms with Gasteiger partial charge in [-0.15, -0.1) is 0 Å². The third-order valence-corrected chi connectivity index (χ3v) is 4.40. The van der Waals surface area contributed by atoms with Gasteiger partial charge in [0.15, 0.2) is 0 Å². The second-order valence-corrected chi connectivity index (χ2v) is 5.59. The van der Waals surface area contributed by atoms with E-state index in [-0.39, 0.29) is 5.91 Å². The third-order valence-electron chi connectivity index (χ3n) is 4.40. The highest BCUT2D eigenvalue weighted by atomic mass is 16.5. The normalized spacial score (nSPS) is 30.1. The van der Waals surface area contributed by atoms with Crippen LogP contribution in [0, 0.1) is 11.3 Å². The van der Waals surface area contributed by atoms with Gasteiger partial charge in [0.1, 0.15) is 17.3 Å². The lowest BCUT2D eigenvalue weighted by molar-refractivity contribution is -0.128. The van der Waals surface area contributed by atoms with Crippen molar-refractivity contribution >= 4 is 5.91 Å². The fraction of sp³-hybridized carbons (Fsp3) is 0.600. The van der Waals surface area contributed by atoms with Crippen LogP contribution in [-0.2, 0) is 4.74 Å². The standard InChI is InChI=1S/C15H19N3O2/c16-11-13-15(6-1-2-10-20-15)7-4-9-18(13)14(19)12-5-3-8-17-12/h3,5,8,13,17H,1-2,4,6-7,9-10H2. The van der Waals surface area contributed by atoms with Gasteiger partial charge in [-0.2, -0.15) is 5.26 Å². The Morgan fingerprint density at radius 3 is 2.95 bits per heavy atom. The Morgan fingerprint density at radius 1 is 1.45 bits per heavy atom. The molecule has 1 amide bonds. The van der Waals surface area contributed by atoms with Crippen molar-refractivity contribution in [1.82, 2.24) is 9.88 Å². The Balaban J connectivity index is 1.87. The summed E-state index contributed by atoms with van der Waals surface area (Å²) in [6, 6.07) is 5.39. The molecule has 2 fully saturated rings. The van der Waals surface area contributed by atoms with Crippen molar-refractivity contribution in [1.29, 1.82) is 5.26 Å². The predicted molar refractivity (Wildman–Crippen MR) is 73.0 cm³/mol. The summed E-state index contributed by atoms with van der Waals surface area (Å²) >= 11 is 0. The number of nitrogens with zero attached hydrogens (tertiary/aromatic N) is 2. The molecule has 2 aliphatic heterocycles. The van der Waals surface area contributed by atoms with E-state index in [4.69, 9.17) is 4.74 Å². The molecule has 2 saturated heterocycles. The van der Waals surface area contributed by atoms with E-state index in [1.807, 2.05) is 0 Å². The number of carbonyl (C=O) groups excluding carboxylic acids is 1. The lowest BCUT2D eigenvalue weighted by atomic mass is 9.79. The molecular formula is C15H19N3O2. The number of hydrogen-bond donors (Lipinski definition) is 1. The molecule has 2 aliphatic rings. The average Bonchev–Trinajstić information content (AvgIpc) is 3.01. The lowest BCUT2D eigenvalue weighted by Crippen LogP contribution is -2.60. The van der Waals surface area contributed by atoms with E-state index in [1.165, 1.54) is 0 Å². The smallest absolute Gasteiger partial charge is 0.271 e. The summed E-state index contributed by atoms with van der Waals surface area (Å²) in [5.41, 5.74) is 0.0890. The van der Waals surface area contributed by atoms with E-state index < -0.39 is 11.6 Å². The highest BCUT2D eigenvalue weighted by Crippen LogP contribution is 2.38. The quantitative estimate of drug-likeness (QED) is 0.851. The minimum atomic E-state index is -0.479. The average molecular weight is 273 g/mol. The van der Waals surface area contributed by atoms with Crippen LogP contribution >= 0.6 is 0 Å². The Hall–Kier alpha value is -1.80. The van der Waals surface area contributed by atoms with Gasteiger partial charge in [-0.3, -0.25) is 4.79 Å². The number of aromatic amines is 1. The predicted octanol–water partition coefficient (Wildman–Crippen LogP) is 2.08. The Kier molecular flexibility index (Phi) is 3.49. The van der Waals surface area contributed by atoms with Gasteiger partial charge in [-0.1, -0.05) is 0 Å². The molecular weight excluding hydrogens is 254 g/mol. The number of H-pyrrole nitrogens is 1. The number of piperidine rings is 1. The van der Waals surface area contributed by atoms with E-state index in [2.05, 4.69) is 11.1 Å². The summed E-state index contributed by atoms with van der Waals surface area (Å²) in [5.74, 6) is -0.102. The van der Waals surface area contributed by atoms with Crippen molar-refractivity contribution in [3.63, 3.8) is 0 Å². The largest absolute Gasteiger partial charge is 0.372 e. The number of hydrogen-bond acceptors (Lipinski definition) is 3. The maximum Gasteiger partial charge on any atom is 0.271 e. The van der Waals surface area contributed by atoms with Crippen LogP contribution in [0.4, 0.5) is 0 Å². The maximum absolute atomic E-state index is 12.5. The molecule has 0 radical (unpaired) electrons. The fourth-order valence-corrected chi connectivity index (χ4v) is 3.41. The van der Waals surface area contributed by atoms with Gasteiger partial charge in [0.05, 0.1) is 6.07 Å². The van der Waals surface area contributed by atoms with Crippen LogP contribution in [0.1, 0.15) is 42.6 Å².